The summed E-state index contributed by atoms with van der Waals surface area (Å²) in [5.41, 5.74) is 0.0320. The lowest BCUT2D eigenvalue weighted by Gasteiger charge is -2.34. The number of carbonyl (C=O) groups is 1. The van der Waals surface area contributed by atoms with E-state index >= 15 is 0 Å². The Morgan fingerprint density at radius 1 is 1.15 bits per heavy atom. The van der Waals surface area contributed by atoms with E-state index in [1.807, 2.05) is 11.2 Å². The molecule has 7 heteroatoms. The van der Waals surface area contributed by atoms with Gasteiger partial charge in [-0.3, -0.25) is 14.9 Å². The first-order valence-electron chi connectivity index (χ1n) is 9.30. The van der Waals surface area contributed by atoms with Crippen molar-refractivity contribution in [2.45, 2.75) is 68.3 Å². The standard InChI is InChI=1S/C19H26N2O4S/c1-25-17-12-16(21(23)24)15(11-18(17)26-2)19(22)20(13-7-3-4-8-13)14-9-5-6-10-14/h11-14H,3-10H2,1-2H3. The molecular formula is C19H26N2O4S. The molecule has 1 aromatic rings. The van der Waals surface area contributed by atoms with Gasteiger partial charge >= 0.3 is 0 Å². The second-order valence-electron chi connectivity index (χ2n) is 7.07. The summed E-state index contributed by atoms with van der Waals surface area (Å²) < 4.78 is 5.27. The van der Waals surface area contributed by atoms with E-state index in [9.17, 15) is 14.9 Å². The Morgan fingerprint density at radius 2 is 1.69 bits per heavy atom. The number of nitro benzene ring substituents is 1. The van der Waals surface area contributed by atoms with Gasteiger partial charge in [-0.1, -0.05) is 25.7 Å². The molecule has 0 aliphatic heterocycles. The van der Waals surface area contributed by atoms with Crippen molar-refractivity contribution in [2.75, 3.05) is 13.4 Å². The number of rotatable bonds is 6. The third kappa shape index (κ3) is 3.68. The van der Waals surface area contributed by atoms with Gasteiger partial charge in [-0.15, -0.1) is 11.8 Å². The van der Waals surface area contributed by atoms with Crippen molar-refractivity contribution in [3.05, 3.63) is 27.8 Å². The molecule has 2 fully saturated rings. The molecule has 142 valence electrons. The summed E-state index contributed by atoms with van der Waals surface area (Å²) in [6.45, 7) is 0. The number of nitrogens with zero attached hydrogens (tertiary/aromatic N) is 2. The summed E-state index contributed by atoms with van der Waals surface area (Å²) in [5, 5.41) is 11.6. The summed E-state index contributed by atoms with van der Waals surface area (Å²) in [6.07, 6.45) is 10.4. The van der Waals surface area contributed by atoms with Crippen molar-refractivity contribution < 1.29 is 14.5 Å². The van der Waals surface area contributed by atoms with Crippen molar-refractivity contribution in [2.24, 2.45) is 0 Å². The van der Waals surface area contributed by atoms with Crippen LogP contribution in [-0.4, -0.2) is 41.2 Å². The monoisotopic (exact) mass is 378 g/mol. The van der Waals surface area contributed by atoms with E-state index in [-0.39, 0.29) is 29.2 Å². The topological polar surface area (TPSA) is 72.7 Å². The number of ether oxygens (including phenoxy) is 1. The van der Waals surface area contributed by atoms with E-state index in [1.165, 1.54) is 24.9 Å². The van der Waals surface area contributed by atoms with Crippen LogP contribution in [0, 0.1) is 10.1 Å². The second kappa shape index (κ2) is 8.29. The molecule has 2 aliphatic rings. The highest BCUT2D eigenvalue weighted by Crippen LogP contribution is 2.38. The largest absolute Gasteiger partial charge is 0.495 e. The fourth-order valence-electron chi connectivity index (χ4n) is 4.32. The Morgan fingerprint density at radius 3 is 2.12 bits per heavy atom. The smallest absolute Gasteiger partial charge is 0.285 e. The van der Waals surface area contributed by atoms with Gasteiger partial charge in [-0.2, -0.15) is 0 Å². The second-order valence-corrected chi connectivity index (χ2v) is 7.92. The Balaban J connectivity index is 2.03. The molecule has 26 heavy (non-hydrogen) atoms. The minimum Gasteiger partial charge on any atom is -0.495 e. The first kappa shape index (κ1) is 19.0. The zero-order valence-corrected chi connectivity index (χ0v) is 16.2. The summed E-state index contributed by atoms with van der Waals surface area (Å²) in [5.74, 6) is 0.252. The van der Waals surface area contributed by atoms with Crippen molar-refractivity contribution in [3.8, 4) is 5.75 Å². The van der Waals surface area contributed by atoms with Crippen molar-refractivity contribution in [1.82, 2.24) is 4.90 Å². The van der Waals surface area contributed by atoms with E-state index in [0.717, 1.165) is 56.3 Å². The summed E-state index contributed by atoms with van der Waals surface area (Å²) in [6, 6.07) is 3.46. The van der Waals surface area contributed by atoms with Gasteiger partial charge in [0, 0.05) is 12.1 Å². The van der Waals surface area contributed by atoms with Crippen LogP contribution in [0.2, 0.25) is 0 Å². The van der Waals surface area contributed by atoms with Crippen LogP contribution >= 0.6 is 11.8 Å². The Labute approximate surface area is 158 Å². The molecule has 3 rings (SSSR count). The van der Waals surface area contributed by atoms with Crippen LogP contribution in [0.25, 0.3) is 0 Å². The molecule has 2 aliphatic carbocycles. The molecule has 0 spiro atoms. The summed E-state index contributed by atoms with van der Waals surface area (Å²) >= 11 is 1.43. The molecule has 6 nitrogen and oxygen atoms in total. The molecular weight excluding hydrogens is 352 g/mol. The Bertz CT molecular complexity index is 666. The van der Waals surface area contributed by atoms with Gasteiger partial charge in [0.1, 0.15) is 11.3 Å². The Hall–Kier alpha value is -1.76. The number of thioether (sulfide) groups is 1. The first-order chi connectivity index (χ1) is 12.6. The minimum atomic E-state index is -0.471. The molecule has 0 radical (unpaired) electrons. The zero-order valence-electron chi connectivity index (χ0n) is 15.4. The maximum atomic E-state index is 13.5. The van der Waals surface area contributed by atoms with Gasteiger partial charge in [0.15, 0.2) is 0 Å². The van der Waals surface area contributed by atoms with Crippen LogP contribution in [0.3, 0.4) is 0 Å². The predicted molar refractivity (Wildman–Crippen MR) is 102 cm³/mol. The van der Waals surface area contributed by atoms with Crippen molar-refractivity contribution in [3.63, 3.8) is 0 Å². The number of hydrogen-bond donors (Lipinski definition) is 0. The molecule has 0 atom stereocenters. The van der Waals surface area contributed by atoms with Gasteiger partial charge in [0.25, 0.3) is 11.6 Å². The predicted octanol–water partition coefficient (Wildman–Crippen LogP) is 4.65. The Kier molecular flexibility index (Phi) is 6.06. The van der Waals surface area contributed by atoms with Crippen LogP contribution in [0.5, 0.6) is 5.75 Å². The van der Waals surface area contributed by atoms with Crippen LogP contribution < -0.4 is 4.74 Å². The maximum Gasteiger partial charge on any atom is 0.285 e. The van der Waals surface area contributed by atoms with Gasteiger partial charge in [-0.05, 0) is 38.0 Å². The van der Waals surface area contributed by atoms with Crippen molar-refractivity contribution in [1.29, 1.82) is 0 Å². The normalized spacial score (nSPS) is 18.2. The fourth-order valence-corrected chi connectivity index (χ4v) is 4.90. The third-order valence-electron chi connectivity index (χ3n) is 5.60. The van der Waals surface area contributed by atoms with Crippen LogP contribution in [0.1, 0.15) is 61.7 Å². The molecule has 0 bridgehead atoms. The average molecular weight is 378 g/mol. The van der Waals surface area contributed by atoms with Gasteiger partial charge < -0.3 is 9.64 Å². The lowest BCUT2D eigenvalue weighted by atomic mass is 10.0. The average Bonchev–Trinajstić information content (AvgIpc) is 3.35. The van der Waals surface area contributed by atoms with Crippen LogP contribution in [0.15, 0.2) is 17.0 Å². The van der Waals surface area contributed by atoms with Crippen molar-refractivity contribution >= 4 is 23.4 Å². The number of hydrogen-bond acceptors (Lipinski definition) is 5. The minimum absolute atomic E-state index is 0.161. The van der Waals surface area contributed by atoms with Crippen LogP contribution in [0.4, 0.5) is 5.69 Å². The molecule has 1 aromatic carbocycles. The highest BCUT2D eigenvalue weighted by Gasteiger charge is 2.37. The highest BCUT2D eigenvalue weighted by molar-refractivity contribution is 7.98. The van der Waals surface area contributed by atoms with E-state index in [4.69, 9.17) is 4.74 Å². The molecule has 0 heterocycles. The van der Waals surface area contributed by atoms with Crippen LogP contribution in [-0.2, 0) is 0 Å². The van der Waals surface area contributed by atoms with Gasteiger partial charge in [0.05, 0.1) is 23.0 Å². The van der Waals surface area contributed by atoms with E-state index in [2.05, 4.69) is 0 Å². The molecule has 2 saturated carbocycles. The molecule has 0 unspecified atom stereocenters. The molecule has 1 amide bonds. The fraction of sp³-hybridized carbons (Fsp3) is 0.632. The SMILES string of the molecule is COc1cc([N+](=O)[O-])c(C(=O)N(C2CCCC2)C2CCCC2)cc1SC. The maximum absolute atomic E-state index is 13.5. The lowest BCUT2D eigenvalue weighted by Crippen LogP contribution is -2.45. The number of nitro groups is 1. The number of carbonyl (C=O) groups excluding carboxylic acids is 1. The number of methoxy groups -OCH3 is 1. The van der Waals surface area contributed by atoms with E-state index in [0.29, 0.717) is 5.75 Å². The first-order valence-corrected chi connectivity index (χ1v) is 10.5. The molecule has 0 aromatic heterocycles. The quantitative estimate of drug-likeness (QED) is 0.409. The molecule has 0 N–H and O–H groups in total. The zero-order chi connectivity index (χ0) is 18.7. The number of amides is 1. The van der Waals surface area contributed by atoms with Gasteiger partial charge in [-0.25, -0.2) is 0 Å². The number of benzene rings is 1. The van der Waals surface area contributed by atoms with E-state index in [1.54, 1.807) is 6.07 Å². The van der Waals surface area contributed by atoms with Gasteiger partial charge in [0.2, 0.25) is 0 Å². The van der Waals surface area contributed by atoms with E-state index < -0.39 is 4.92 Å². The summed E-state index contributed by atoms with van der Waals surface area (Å²) in [4.78, 5) is 27.4. The molecule has 0 saturated heterocycles. The highest BCUT2D eigenvalue weighted by atomic mass is 32.2. The lowest BCUT2D eigenvalue weighted by molar-refractivity contribution is -0.385. The summed E-state index contributed by atoms with van der Waals surface area (Å²) in [7, 11) is 1.49. The third-order valence-corrected chi connectivity index (χ3v) is 6.36.